The SMILES string of the molecule is CC(=O)Nc1cccc(NC(=O)C2CC2C(=O)Nc2ccc(N(C)C)cc2)c1. The Kier molecular flexibility index (Phi) is 5.63. The molecule has 7 nitrogen and oxygen atoms in total. The summed E-state index contributed by atoms with van der Waals surface area (Å²) < 4.78 is 0. The molecule has 7 heteroatoms. The molecule has 28 heavy (non-hydrogen) atoms. The van der Waals surface area contributed by atoms with Crippen LogP contribution in [0.2, 0.25) is 0 Å². The number of hydrogen-bond acceptors (Lipinski definition) is 4. The van der Waals surface area contributed by atoms with Crippen molar-refractivity contribution in [2.75, 3.05) is 34.9 Å². The number of carbonyl (C=O) groups is 3. The highest BCUT2D eigenvalue weighted by Crippen LogP contribution is 2.40. The highest BCUT2D eigenvalue weighted by atomic mass is 16.2. The fraction of sp³-hybridized carbons (Fsp3) is 0.286. The molecule has 0 aromatic heterocycles. The number of amides is 3. The molecule has 1 aliphatic carbocycles. The molecule has 1 saturated carbocycles. The van der Waals surface area contributed by atoms with Crippen molar-refractivity contribution < 1.29 is 14.4 Å². The smallest absolute Gasteiger partial charge is 0.228 e. The van der Waals surface area contributed by atoms with Crippen molar-refractivity contribution in [1.29, 1.82) is 0 Å². The van der Waals surface area contributed by atoms with Crippen LogP contribution < -0.4 is 20.9 Å². The Morgan fingerprint density at radius 1 is 0.821 bits per heavy atom. The van der Waals surface area contributed by atoms with Crippen LogP contribution in [0.25, 0.3) is 0 Å². The van der Waals surface area contributed by atoms with Crippen LogP contribution in [-0.2, 0) is 14.4 Å². The van der Waals surface area contributed by atoms with Gasteiger partial charge in [0, 0.05) is 43.8 Å². The standard InChI is InChI=1S/C21H24N4O3/c1-13(26)22-15-5-4-6-16(11-15)24-21(28)19-12-18(19)20(27)23-14-7-9-17(10-8-14)25(2)3/h4-11,18-19H,12H2,1-3H3,(H,22,26)(H,23,27)(H,24,28). The molecule has 0 bridgehead atoms. The van der Waals surface area contributed by atoms with Gasteiger partial charge in [0.05, 0.1) is 11.8 Å². The number of benzene rings is 2. The summed E-state index contributed by atoms with van der Waals surface area (Å²) in [6, 6.07) is 14.5. The van der Waals surface area contributed by atoms with Crippen molar-refractivity contribution >= 4 is 40.5 Å². The van der Waals surface area contributed by atoms with E-state index in [0.29, 0.717) is 23.5 Å². The van der Waals surface area contributed by atoms with E-state index in [2.05, 4.69) is 16.0 Å². The number of anilines is 4. The van der Waals surface area contributed by atoms with Gasteiger partial charge in [-0.05, 0) is 48.9 Å². The van der Waals surface area contributed by atoms with Gasteiger partial charge in [0.15, 0.2) is 0 Å². The molecule has 0 aliphatic heterocycles. The van der Waals surface area contributed by atoms with E-state index < -0.39 is 0 Å². The maximum atomic E-state index is 12.4. The Bertz CT molecular complexity index is 893. The second-order valence-corrected chi connectivity index (χ2v) is 7.13. The second kappa shape index (κ2) is 8.12. The molecule has 2 aromatic carbocycles. The van der Waals surface area contributed by atoms with E-state index in [1.807, 2.05) is 43.3 Å². The van der Waals surface area contributed by atoms with E-state index in [9.17, 15) is 14.4 Å². The van der Waals surface area contributed by atoms with E-state index in [-0.39, 0.29) is 29.6 Å². The molecule has 2 aromatic rings. The lowest BCUT2D eigenvalue weighted by atomic mass is 10.2. The van der Waals surface area contributed by atoms with Gasteiger partial charge in [-0.25, -0.2) is 0 Å². The molecule has 0 saturated heterocycles. The third kappa shape index (κ3) is 4.88. The quantitative estimate of drug-likeness (QED) is 0.719. The van der Waals surface area contributed by atoms with E-state index in [4.69, 9.17) is 0 Å². The van der Waals surface area contributed by atoms with Crippen LogP contribution in [0.1, 0.15) is 13.3 Å². The van der Waals surface area contributed by atoms with Crippen molar-refractivity contribution in [1.82, 2.24) is 0 Å². The minimum Gasteiger partial charge on any atom is -0.378 e. The summed E-state index contributed by atoms with van der Waals surface area (Å²) >= 11 is 0. The highest BCUT2D eigenvalue weighted by molar-refractivity contribution is 6.03. The Morgan fingerprint density at radius 3 is 1.89 bits per heavy atom. The first kappa shape index (κ1) is 19.4. The summed E-state index contributed by atoms with van der Waals surface area (Å²) in [6.07, 6.45) is 0.527. The lowest BCUT2D eigenvalue weighted by Gasteiger charge is -2.13. The normalized spacial score (nSPS) is 17.4. The van der Waals surface area contributed by atoms with Crippen molar-refractivity contribution in [3.05, 3.63) is 48.5 Å². The van der Waals surface area contributed by atoms with Gasteiger partial charge in [0.25, 0.3) is 0 Å². The van der Waals surface area contributed by atoms with Gasteiger partial charge in [0.1, 0.15) is 0 Å². The van der Waals surface area contributed by atoms with Gasteiger partial charge < -0.3 is 20.9 Å². The Morgan fingerprint density at radius 2 is 1.36 bits per heavy atom. The lowest BCUT2D eigenvalue weighted by molar-refractivity contribution is -0.122. The molecular weight excluding hydrogens is 356 g/mol. The summed E-state index contributed by atoms with van der Waals surface area (Å²) in [4.78, 5) is 37.9. The van der Waals surface area contributed by atoms with Crippen molar-refractivity contribution in [3.63, 3.8) is 0 Å². The summed E-state index contributed by atoms with van der Waals surface area (Å²) in [5.74, 6) is -1.19. The van der Waals surface area contributed by atoms with E-state index >= 15 is 0 Å². The summed E-state index contributed by atoms with van der Waals surface area (Å²) in [5, 5.41) is 8.35. The predicted octanol–water partition coefficient (Wildman–Crippen LogP) is 2.92. The van der Waals surface area contributed by atoms with Crippen molar-refractivity contribution in [3.8, 4) is 0 Å². The zero-order chi connectivity index (χ0) is 20.3. The van der Waals surface area contributed by atoms with Crippen molar-refractivity contribution in [2.24, 2.45) is 11.8 Å². The van der Waals surface area contributed by atoms with Gasteiger partial charge in [-0.3, -0.25) is 14.4 Å². The van der Waals surface area contributed by atoms with Crippen LogP contribution >= 0.6 is 0 Å². The van der Waals surface area contributed by atoms with Gasteiger partial charge >= 0.3 is 0 Å². The fourth-order valence-electron chi connectivity index (χ4n) is 2.97. The van der Waals surface area contributed by atoms with Crippen LogP contribution in [0.4, 0.5) is 22.7 Å². The van der Waals surface area contributed by atoms with Crippen LogP contribution in [0, 0.1) is 11.8 Å². The average Bonchev–Trinajstić information content (AvgIpc) is 3.43. The van der Waals surface area contributed by atoms with Gasteiger partial charge in [-0.2, -0.15) is 0 Å². The minimum absolute atomic E-state index is 0.148. The topological polar surface area (TPSA) is 90.5 Å². The Hall–Kier alpha value is -3.35. The van der Waals surface area contributed by atoms with E-state index in [1.54, 1.807) is 24.3 Å². The molecule has 3 N–H and O–H groups in total. The average molecular weight is 380 g/mol. The third-order valence-electron chi connectivity index (χ3n) is 4.57. The van der Waals surface area contributed by atoms with Gasteiger partial charge in [0.2, 0.25) is 17.7 Å². The van der Waals surface area contributed by atoms with Crippen LogP contribution in [-0.4, -0.2) is 31.8 Å². The molecule has 0 heterocycles. The van der Waals surface area contributed by atoms with E-state index in [0.717, 1.165) is 5.69 Å². The number of carbonyl (C=O) groups excluding carboxylic acids is 3. The summed E-state index contributed by atoms with van der Waals surface area (Å²) in [7, 11) is 3.90. The molecule has 3 rings (SSSR count). The zero-order valence-corrected chi connectivity index (χ0v) is 16.2. The van der Waals surface area contributed by atoms with Crippen LogP contribution in [0.3, 0.4) is 0 Å². The molecule has 3 amide bonds. The molecule has 146 valence electrons. The number of hydrogen-bond donors (Lipinski definition) is 3. The largest absolute Gasteiger partial charge is 0.378 e. The first-order valence-corrected chi connectivity index (χ1v) is 9.10. The highest BCUT2D eigenvalue weighted by Gasteiger charge is 2.48. The molecule has 1 fully saturated rings. The molecular formula is C21H24N4O3. The fourth-order valence-corrected chi connectivity index (χ4v) is 2.97. The molecule has 1 aliphatic rings. The second-order valence-electron chi connectivity index (χ2n) is 7.13. The maximum Gasteiger partial charge on any atom is 0.228 e. The number of rotatable bonds is 6. The van der Waals surface area contributed by atoms with Crippen LogP contribution in [0.5, 0.6) is 0 Å². The number of nitrogens with one attached hydrogen (secondary N) is 3. The first-order chi connectivity index (χ1) is 13.3. The first-order valence-electron chi connectivity index (χ1n) is 9.10. The van der Waals surface area contributed by atoms with Crippen molar-refractivity contribution in [2.45, 2.75) is 13.3 Å². The zero-order valence-electron chi connectivity index (χ0n) is 16.2. The third-order valence-corrected chi connectivity index (χ3v) is 4.57. The summed E-state index contributed by atoms with van der Waals surface area (Å²) in [5.41, 5.74) is 2.95. The van der Waals surface area contributed by atoms with Gasteiger partial charge in [-0.1, -0.05) is 6.07 Å². The Balaban J connectivity index is 1.53. The minimum atomic E-state index is -0.342. The molecule has 0 radical (unpaired) electrons. The lowest BCUT2D eigenvalue weighted by Crippen LogP contribution is -2.20. The molecule has 0 spiro atoms. The monoisotopic (exact) mass is 380 g/mol. The van der Waals surface area contributed by atoms with E-state index in [1.165, 1.54) is 6.92 Å². The van der Waals surface area contributed by atoms with Gasteiger partial charge in [-0.15, -0.1) is 0 Å². The molecule has 2 atom stereocenters. The van der Waals surface area contributed by atoms with Crippen LogP contribution in [0.15, 0.2) is 48.5 Å². The summed E-state index contributed by atoms with van der Waals surface area (Å²) in [6.45, 7) is 1.42. The maximum absolute atomic E-state index is 12.4. The number of nitrogens with zero attached hydrogens (tertiary/aromatic N) is 1. The molecule has 2 unspecified atom stereocenters. The predicted molar refractivity (Wildman–Crippen MR) is 110 cm³/mol. The Labute approximate surface area is 164 Å².